The Hall–Kier alpha value is -1.13. The minimum absolute atomic E-state index is 0. The van der Waals surface area contributed by atoms with Crippen molar-refractivity contribution in [2.75, 3.05) is 39.9 Å². The maximum absolute atomic E-state index is 11.7. The highest BCUT2D eigenvalue weighted by Crippen LogP contribution is 2.27. The largest absolute Gasteiger partial charge is 0.492 e. The molecule has 29 heavy (non-hydrogen) atoms. The first-order valence-electron chi connectivity index (χ1n) is 9.50. The van der Waals surface area contributed by atoms with Gasteiger partial charge in [-0.1, -0.05) is 23.2 Å². The fourth-order valence-electron chi connectivity index (χ4n) is 2.86. The third-order valence-corrected chi connectivity index (χ3v) is 4.88. The molecular weight excluding hydrogens is 530 g/mol. The lowest BCUT2D eigenvalue weighted by molar-refractivity contribution is 0.0963. The van der Waals surface area contributed by atoms with E-state index in [4.69, 9.17) is 32.7 Å². The normalized spacial score (nSPS) is 14.8. The second-order valence-corrected chi connectivity index (χ2v) is 7.22. The summed E-state index contributed by atoms with van der Waals surface area (Å²) in [5.41, 5.74) is 0. The quantitative estimate of drug-likeness (QED) is 0.227. The number of nitrogens with one attached hydrogen (secondary N) is 2. The van der Waals surface area contributed by atoms with Gasteiger partial charge in [0, 0.05) is 37.7 Å². The molecule has 1 aliphatic rings. The average molecular weight is 559 g/mol. The Labute approximate surface area is 199 Å². The predicted molar refractivity (Wildman–Crippen MR) is 128 cm³/mol. The van der Waals surface area contributed by atoms with Gasteiger partial charge in [-0.15, -0.1) is 24.0 Å². The molecule has 10 heteroatoms. The number of rotatable bonds is 7. The zero-order valence-corrected chi connectivity index (χ0v) is 20.6. The first-order chi connectivity index (χ1) is 13.5. The van der Waals surface area contributed by atoms with Gasteiger partial charge in [0.25, 0.3) is 0 Å². The predicted octanol–water partition coefficient (Wildman–Crippen LogP) is 4.17. The van der Waals surface area contributed by atoms with Crippen LogP contribution in [-0.4, -0.2) is 62.9 Å². The summed E-state index contributed by atoms with van der Waals surface area (Å²) in [5.74, 6) is 1.38. The minimum Gasteiger partial charge on any atom is -0.492 e. The standard InChI is InChI=1S/C19H28Cl2N4O3.HI/c1-3-27-19(26)25-10-7-15(8-11-25)24-18(22-2)23-9-4-12-28-17-6-5-14(20)13-16(17)21;/h5-6,13,15H,3-4,7-12H2,1-2H3,(H2,22,23,24);1H. The maximum Gasteiger partial charge on any atom is 0.409 e. The topological polar surface area (TPSA) is 75.2 Å². The Morgan fingerprint density at radius 1 is 1.31 bits per heavy atom. The van der Waals surface area contributed by atoms with Crippen molar-refractivity contribution in [3.05, 3.63) is 28.2 Å². The number of guanidine groups is 1. The Bertz CT molecular complexity index is 671. The molecule has 1 amide bonds. The molecule has 1 aliphatic heterocycles. The number of piperidine rings is 1. The zero-order chi connectivity index (χ0) is 20.4. The molecule has 164 valence electrons. The maximum atomic E-state index is 11.7. The number of likely N-dealkylation sites (tertiary alicyclic amines) is 1. The highest BCUT2D eigenvalue weighted by Gasteiger charge is 2.23. The van der Waals surface area contributed by atoms with E-state index in [2.05, 4.69) is 15.6 Å². The lowest BCUT2D eigenvalue weighted by Gasteiger charge is -2.32. The van der Waals surface area contributed by atoms with Gasteiger partial charge in [0.15, 0.2) is 5.96 Å². The molecule has 1 aromatic rings. The van der Waals surface area contributed by atoms with Gasteiger partial charge in [0.2, 0.25) is 0 Å². The van der Waals surface area contributed by atoms with E-state index in [0.29, 0.717) is 48.6 Å². The number of carbonyl (C=O) groups is 1. The molecule has 0 aromatic heterocycles. The minimum atomic E-state index is -0.232. The number of benzene rings is 1. The number of halogens is 3. The smallest absolute Gasteiger partial charge is 0.409 e. The molecule has 2 rings (SSSR count). The Balaban J connectivity index is 0.00000420. The molecule has 2 N–H and O–H groups in total. The highest BCUT2D eigenvalue weighted by molar-refractivity contribution is 14.0. The highest BCUT2D eigenvalue weighted by atomic mass is 127. The molecule has 0 bridgehead atoms. The van der Waals surface area contributed by atoms with Crippen LogP contribution in [0.1, 0.15) is 26.2 Å². The molecule has 0 unspecified atom stereocenters. The van der Waals surface area contributed by atoms with E-state index in [0.717, 1.165) is 25.2 Å². The SMILES string of the molecule is CCOC(=O)N1CCC(NC(=NC)NCCCOc2ccc(Cl)cc2Cl)CC1.I. The number of hydrogen-bond donors (Lipinski definition) is 2. The summed E-state index contributed by atoms with van der Waals surface area (Å²) < 4.78 is 10.7. The first kappa shape index (κ1) is 25.9. The number of amides is 1. The molecule has 7 nitrogen and oxygen atoms in total. The number of nitrogens with zero attached hydrogens (tertiary/aromatic N) is 2. The van der Waals surface area contributed by atoms with Crippen LogP contribution in [0.2, 0.25) is 10.0 Å². The van der Waals surface area contributed by atoms with E-state index in [9.17, 15) is 4.79 Å². The zero-order valence-electron chi connectivity index (χ0n) is 16.7. The Morgan fingerprint density at radius 3 is 2.66 bits per heavy atom. The van der Waals surface area contributed by atoms with Crippen molar-refractivity contribution in [1.29, 1.82) is 0 Å². The van der Waals surface area contributed by atoms with E-state index in [1.165, 1.54) is 0 Å². The van der Waals surface area contributed by atoms with E-state index >= 15 is 0 Å². The number of aliphatic imine (C=N–C) groups is 1. The van der Waals surface area contributed by atoms with Crippen LogP contribution in [-0.2, 0) is 4.74 Å². The molecule has 0 saturated carbocycles. The Kier molecular flexibility index (Phi) is 12.5. The fraction of sp³-hybridized carbons (Fsp3) is 0.579. The van der Waals surface area contributed by atoms with Gasteiger partial charge < -0.3 is 25.0 Å². The van der Waals surface area contributed by atoms with Crippen molar-refractivity contribution in [1.82, 2.24) is 15.5 Å². The molecular formula is C19H29Cl2IN4O3. The van der Waals surface area contributed by atoms with Crippen molar-refractivity contribution in [3.63, 3.8) is 0 Å². The molecule has 0 radical (unpaired) electrons. The summed E-state index contributed by atoms with van der Waals surface area (Å²) in [6, 6.07) is 5.46. The van der Waals surface area contributed by atoms with Crippen LogP contribution in [0.4, 0.5) is 4.79 Å². The van der Waals surface area contributed by atoms with E-state index in [1.54, 1.807) is 30.1 Å². The van der Waals surface area contributed by atoms with Crippen LogP contribution in [0.25, 0.3) is 0 Å². The lowest BCUT2D eigenvalue weighted by atomic mass is 10.1. The fourth-order valence-corrected chi connectivity index (χ4v) is 3.33. The third-order valence-electron chi connectivity index (χ3n) is 4.35. The van der Waals surface area contributed by atoms with Crippen LogP contribution in [0.5, 0.6) is 5.75 Å². The van der Waals surface area contributed by atoms with Crippen LogP contribution in [0.3, 0.4) is 0 Å². The van der Waals surface area contributed by atoms with Gasteiger partial charge in [0.05, 0.1) is 18.2 Å². The summed E-state index contributed by atoms with van der Waals surface area (Å²) in [6.45, 7) is 4.83. The first-order valence-corrected chi connectivity index (χ1v) is 10.3. The van der Waals surface area contributed by atoms with Crippen molar-refractivity contribution < 1.29 is 14.3 Å². The third kappa shape index (κ3) is 9.04. The van der Waals surface area contributed by atoms with E-state index in [1.807, 2.05) is 6.92 Å². The summed E-state index contributed by atoms with van der Waals surface area (Å²) in [6.07, 6.45) is 2.28. The average Bonchev–Trinajstić information content (AvgIpc) is 2.69. The van der Waals surface area contributed by atoms with Crippen molar-refractivity contribution in [2.24, 2.45) is 4.99 Å². The molecule has 0 aliphatic carbocycles. The summed E-state index contributed by atoms with van der Waals surface area (Å²) in [7, 11) is 1.74. The van der Waals surface area contributed by atoms with Crippen molar-refractivity contribution >= 4 is 59.2 Å². The number of hydrogen-bond acceptors (Lipinski definition) is 4. The second kappa shape index (κ2) is 14.0. The monoisotopic (exact) mass is 558 g/mol. The summed E-state index contributed by atoms with van der Waals surface area (Å²) in [5, 5.41) is 7.78. The molecule has 0 atom stereocenters. The van der Waals surface area contributed by atoms with Crippen LogP contribution >= 0.6 is 47.2 Å². The van der Waals surface area contributed by atoms with Crippen molar-refractivity contribution in [2.45, 2.75) is 32.2 Å². The molecule has 1 fully saturated rings. The van der Waals surface area contributed by atoms with Crippen LogP contribution in [0, 0.1) is 0 Å². The molecule has 1 heterocycles. The van der Waals surface area contributed by atoms with E-state index in [-0.39, 0.29) is 36.1 Å². The van der Waals surface area contributed by atoms with E-state index < -0.39 is 0 Å². The summed E-state index contributed by atoms with van der Waals surface area (Å²) in [4.78, 5) is 17.8. The van der Waals surface area contributed by atoms with Gasteiger partial charge in [-0.2, -0.15) is 0 Å². The van der Waals surface area contributed by atoms with Crippen molar-refractivity contribution in [3.8, 4) is 5.75 Å². The lowest BCUT2D eigenvalue weighted by Crippen LogP contribution is -2.50. The van der Waals surface area contributed by atoms with Crippen LogP contribution in [0.15, 0.2) is 23.2 Å². The van der Waals surface area contributed by atoms with Crippen LogP contribution < -0.4 is 15.4 Å². The molecule has 1 saturated heterocycles. The van der Waals surface area contributed by atoms with Gasteiger partial charge in [-0.05, 0) is 44.4 Å². The molecule has 1 aromatic carbocycles. The van der Waals surface area contributed by atoms with Gasteiger partial charge in [0.1, 0.15) is 5.75 Å². The number of carbonyl (C=O) groups excluding carboxylic acids is 1. The van der Waals surface area contributed by atoms with Gasteiger partial charge in [-0.3, -0.25) is 4.99 Å². The van der Waals surface area contributed by atoms with Gasteiger partial charge >= 0.3 is 6.09 Å². The Morgan fingerprint density at radius 2 is 2.03 bits per heavy atom. The number of ether oxygens (including phenoxy) is 2. The summed E-state index contributed by atoms with van der Waals surface area (Å²) >= 11 is 12.0. The molecule has 0 spiro atoms. The van der Waals surface area contributed by atoms with Gasteiger partial charge in [-0.25, -0.2) is 4.79 Å². The second-order valence-electron chi connectivity index (χ2n) is 6.38.